The standard InChI is InChI=1S/C23H34N4O/c1-16-6-7-21-20(14-16)22(25-24-21)23(28)26-12-9-19(10-13-26)27-11-8-17-4-2-3-5-18(17)15-27/h2-5,16,19-22,24-25H,6-15H2,1H3. The normalized spacial score (nSPS) is 34.1. The smallest absolute Gasteiger partial charge is 0.241 e. The first-order valence-corrected chi connectivity index (χ1v) is 11.3. The maximum Gasteiger partial charge on any atom is 0.241 e. The molecule has 0 bridgehead atoms. The van der Waals surface area contributed by atoms with Gasteiger partial charge in [-0.3, -0.25) is 15.1 Å². The largest absolute Gasteiger partial charge is 0.341 e. The van der Waals surface area contributed by atoms with Crippen LogP contribution in [0.15, 0.2) is 24.3 Å². The summed E-state index contributed by atoms with van der Waals surface area (Å²) in [5, 5.41) is 0. The first kappa shape index (κ1) is 18.6. The monoisotopic (exact) mass is 382 g/mol. The maximum atomic E-state index is 13.2. The van der Waals surface area contributed by atoms with E-state index in [0.29, 0.717) is 23.9 Å². The topological polar surface area (TPSA) is 47.6 Å². The van der Waals surface area contributed by atoms with E-state index in [4.69, 9.17) is 0 Å². The van der Waals surface area contributed by atoms with Crippen LogP contribution in [0.4, 0.5) is 0 Å². The van der Waals surface area contributed by atoms with Crippen molar-refractivity contribution >= 4 is 5.91 Å². The average Bonchev–Trinajstić information content (AvgIpc) is 3.16. The molecule has 1 aliphatic carbocycles. The quantitative estimate of drug-likeness (QED) is 0.824. The molecule has 3 aliphatic heterocycles. The van der Waals surface area contributed by atoms with Crippen LogP contribution in [0.1, 0.15) is 50.2 Å². The Morgan fingerprint density at radius 3 is 2.61 bits per heavy atom. The fraction of sp³-hybridized carbons (Fsp3) is 0.696. The van der Waals surface area contributed by atoms with Crippen LogP contribution < -0.4 is 10.9 Å². The summed E-state index contributed by atoms with van der Waals surface area (Å²) in [5.74, 6) is 1.54. The predicted octanol–water partition coefficient (Wildman–Crippen LogP) is 2.32. The van der Waals surface area contributed by atoms with Crippen LogP contribution in [-0.4, -0.2) is 53.5 Å². The van der Waals surface area contributed by atoms with Gasteiger partial charge in [0.15, 0.2) is 0 Å². The summed E-state index contributed by atoms with van der Waals surface area (Å²) in [6.07, 6.45) is 7.03. The van der Waals surface area contributed by atoms with Gasteiger partial charge in [0.2, 0.25) is 5.91 Å². The third-order valence-corrected chi connectivity index (χ3v) is 7.73. The Bertz CT molecular complexity index is 714. The lowest BCUT2D eigenvalue weighted by Crippen LogP contribution is -2.53. The van der Waals surface area contributed by atoms with Crippen LogP contribution in [0.25, 0.3) is 0 Å². The Balaban J connectivity index is 1.17. The zero-order valence-electron chi connectivity index (χ0n) is 17.1. The molecular weight excluding hydrogens is 348 g/mol. The number of amides is 1. The number of nitrogens with one attached hydrogen (secondary N) is 2. The fourth-order valence-corrected chi connectivity index (χ4v) is 6.00. The highest BCUT2D eigenvalue weighted by atomic mass is 16.2. The molecule has 1 saturated carbocycles. The summed E-state index contributed by atoms with van der Waals surface area (Å²) >= 11 is 0. The summed E-state index contributed by atoms with van der Waals surface area (Å²) in [4.78, 5) is 18.0. The predicted molar refractivity (Wildman–Crippen MR) is 111 cm³/mol. The van der Waals surface area contributed by atoms with Gasteiger partial charge in [-0.05, 0) is 55.6 Å². The second kappa shape index (κ2) is 7.77. The van der Waals surface area contributed by atoms with E-state index in [2.05, 4.69) is 51.8 Å². The van der Waals surface area contributed by atoms with Crippen molar-refractivity contribution in [1.82, 2.24) is 20.7 Å². The first-order valence-electron chi connectivity index (χ1n) is 11.3. The first-order chi connectivity index (χ1) is 13.7. The molecular formula is C23H34N4O. The molecule has 5 heteroatoms. The van der Waals surface area contributed by atoms with Crippen molar-refractivity contribution in [1.29, 1.82) is 0 Å². The maximum absolute atomic E-state index is 13.2. The third kappa shape index (κ3) is 3.49. The van der Waals surface area contributed by atoms with Gasteiger partial charge in [-0.1, -0.05) is 31.2 Å². The molecule has 0 radical (unpaired) electrons. The Kier molecular flexibility index (Phi) is 5.16. The number of rotatable bonds is 2. The van der Waals surface area contributed by atoms with Gasteiger partial charge in [-0.15, -0.1) is 0 Å². The number of nitrogens with zero attached hydrogens (tertiary/aromatic N) is 2. The van der Waals surface area contributed by atoms with Gasteiger partial charge >= 0.3 is 0 Å². The summed E-state index contributed by atoms with van der Waals surface area (Å²) < 4.78 is 0. The molecule has 3 fully saturated rings. The van der Waals surface area contributed by atoms with Crippen LogP contribution in [0, 0.1) is 11.8 Å². The van der Waals surface area contributed by atoms with E-state index in [-0.39, 0.29) is 6.04 Å². The summed E-state index contributed by atoms with van der Waals surface area (Å²) in [7, 11) is 0. The molecule has 0 spiro atoms. The SMILES string of the molecule is CC1CCC2NNC(C(=O)N3CCC(N4CCc5ccccc5C4)CC3)C2C1. The number of fused-ring (bicyclic) bond motifs is 2. The zero-order chi connectivity index (χ0) is 19.1. The third-order valence-electron chi connectivity index (χ3n) is 7.73. The molecule has 0 aromatic heterocycles. The highest BCUT2D eigenvalue weighted by Gasteiger charge is 2.44. The molecule has 4 aliphatic rings. The Hall–Kier alpha value is -1.43. The summed E-state index contributed by atoms with van der Waals surface area (Å²) in [6, 6.07) is 9.95. The zero-order valence-corrected chi connectivity index (χ0v) is 17.1. The Morgan fingerprint density at radius 2 is 1.79 bits per heavy atom. The number of carbonyl (C=O) groups excluding carboxylic acids is 1. The van der Waals surface area contributed by atoms with Crippen molar-refractivity contribution in [3.8, 4) is 0 Å². The van der Waals surface area contributed by atoms with Gasteiger partial charge in [-0.25, -0.2) is 5.43 Å². The van der Waals surface area contributed by atoms with Crippen molar-refractivity contribution in [2.75, 3.05) is 19.6 Å². The number of hydrazine groups is 1. The van der Waals surface area contributed by atoms with E-state index < -0.39 is 0 Å². The molecule has 1 aromatic carbocycles. The average molecular weight is 383 g/mol. The van der Waals surface area contributed by atoms with Gasteiger partial charge in [0.05, 0.1) is 0 Å². The van der Waals surface area contributed by atoms with Crippen LogP contribution in [0.2, 0.25) is 0 Å². The lowest BCUT2D eigenvalue weighted by molar-refractivity contribution is -0.136. The summed E-state index contributed by atoms with van der Waals surface area (Å²) in [6.45, 7) is 6.38. The highest BCUT2D eigenvalue weighted by Crippen LogP contribution is 2.35. The minimum Gasteiger partial charge on any atom is -0.341 e. The number of hydrogen-bond donors (Lipinski definition) is 2. The number of hydrogen-bond acceptors (Lipinski definition) is 4. The van der Waals surface area contributed by atoms with E-state index >= 15 is 0 Å². The molecule has 4 unspecified atom stereocenters. The molecule has 1 aromatic rings. The number of benzene rings is 1. The number of carbonyl (C=O) groups is 1. The Morgan fingerprint density at radius 1 is 1.00 bits per heavy atom. The molecule has 2 N–H and O–H groups in total. The molecule has 4 atom stereocenters. The van der Waals surface area contributed by atoms with E-state index in [1.165, 1.54) is 30.4 Å². The van der Waals surface area contributed by atoms with Crippen LogP contribution in [0.3, 0.4) is 0 Å². The van der Waals surface area contributed by atoms with E-state index in [1.807, 2.05) is 0 Å². The second-order valence-electron chi connectivity index (χ2n) is 9.50. The van der Waals surface area contributed by atoms with Crippen molar-refractivity contribution in [2.24, 2.45) is 11.8 Å². The number of piperidine rings is 1. The molecule has 5 rings (SSSR count). The molecule has 28 heavy (non-hydrogen) atoms. The van der Waals surface area contributed by atoms with Crippen LogP contribution in [0.5, 0.6) is 0 Å². The van der Waals surface area contributed by atoms with Gasteiger partial charge < -0.3 is 4.90 Å². The Labute approximate surface area is 168 Å². The van der Waals surface area contributed by atoms with Crippen molar-refractivity contribution < 1.29 is 4.79 Å². The van der Waals surface area contributed by atoms with E-state index in [9.17, 15) is 4.79 Å². The van der Waals surface area contributed by atoms with Crippen molar-refractivity contribution in [2.45, 2.75) is 70.1 Å². The molecule has 1 amide bonds. The minimum atomic E-state index is -0.0221. The van der Waals surface area contributed by atoms with Gasteiger partial charge in [0.1, 0.15) is 6.04 Å². The van der Waals surface area contributed by atoms with Gasteiger partial charge in [-0.2, -0.15) is 0 Å². The number of likely N-dealkylation sites (tertiary alicyclic amines) is 1. The molecule has 152 valence electrons. The molecule has 3 heterocycles. The van der Waals surface area contributed by atoms with Gasteiger partial charge in [0, 0.05) is 44.2 Å². The minimum absolute atomic E-state index is 0.0221. The van der Waals surface area contributed by atoms with E-state index in [1.54, 1.807) is 0 Å². The lowest BCUT2D eigenvalue weighted by atomic mass is 9.76. The highest BCUT2D eigenvalue weighted by molar-refractivity contribution is 5.82. The van der Waals surface area contributed by atoms with Crippen molar-refractivity contribution in [3.63, 3.8) is 0 Å². The fourth-order valence-electron chi connectivity index (χ4n) is 6.00. The van der Waals surface area contributed by atoms with Crippen LogP contribution >= 0.6 is 0 Å². The van der Waals surface area contributed by atoms with Gasteiger partial charge in [0.25, 0.3) is 0 Å². The second-order valence-corrected chi connectivity index (χ2v) is 9.50. The molecule has 5 nitrogen and oxygen atoms in total. The van der Waals surface area contributed by atoms with E-state index in [0.717, 1.165) is 51.4 Å². The van der Waals surface area contributed by atoms with Crippen molar-refractivity contribution in [3.05, 3.63) is 35.4 Å². The summed E-state index contributed by atoms with van der Waals surface area (Å²) in [5.41, 5.74) is 9.77. The lowest BCUT2D eigenvalue weighted by Gasteiger charge is -2.41. The van der Waals surface area contributed by atoms with Crippen LogP contribution in [-0.2, 0) is 17.8 Å². The molecule has 2 saturated heterocycles.